The number of H-pyrrole nitrogens is 1. The molecule has 0 spiro atoms. The number of aromatic nitrogens is 2. The average Bonchev–Trinajstić information content (AvgIpc) is 2.12. The fraction of sp³-hybridized carbons (Fsp3) is 0.571. The molecule has 0 atom stereocenters. The topological polar surface area (TPSA) is 42.8 Å². The molecule has 1 heterocycles. The molecule has 10 heavy (non-hydrogen) atoms. The van der Waals surface area contributed by atoms with Crippen molar-refractivity contribution in [2.45, 2.75) is 26.3 Å². The molecule has 1 aromatic rings. The molecule has 0 amide bonds. The number of hydrogen-bond acceptors (Lipinski definition) is 1. The molecular weight excluding hydrogens is 126 g/mol. The first-order valence-corrected chi connectivity index (χ1v) is 3.30. The van der Waals surface area contributed by atoms with E-state index in [9.17, 15) is 0 Å². The SMILES string of the molecule is CC(C)(C)[N-]c1ccn[nH]1. The van der Waals surface area contributed by atoms with Crippen molar-refractivity contribution in [3.8, 4) is 0 Å². The second-order valence-electron chi connectivity index (χ2n) is 3.22. The lowest BCUT2D eigenvalue weighted by molar-refractivity contribution is 0.666. The highest BCUT2D eigenvalue weighted by Crippen LogP contribution is 2.24. The van der Waals surface area contributed by atoms with Crippen molar-refractivity contribution in [2.75, 3.05) is 0 Å². The molecule has 0 aromatic carbocycles. The van der Waals surface area contributed by atoms with Gasteiger partial charge in [-0.1, -0.05) is 20.8 Å². The summed E-state index contributed by atoms with van der Waals surface area (Å²) < 4.78 is 0. The Morgan fingerprint density at radius 1 is 1.50 bits per heavy atom. The van der Waals surface area contributed by atoms with E-state index < -0.39 is 0 Å². The maximum Gasteiger partial charge on any atom is 0.0256 e. The third-order valence-corrected chi connectivity index (χ3v) is 0.942. The fourth-order valence-corrected chi connectivity index (χ4v) is 0.672. The van der Waals surface area contributed by atoms with Gasteiger partial charge in [-0.25, -0.2) is 0 Å². The van der Waals surface area contributed by atoms with Crippen molar-refractivity contribution >= 4 is 5.82 Å². The minimum atomic E-state index is -0.0213. The highest BCUT2D eigenvalue weighted by atomic mass is 15.2. The molecule has 0 fully saturated rings. The zero-order valence-electron chi connectivity index (χ0n) is 6.55. The van der Waals surface area contributed by atoms with Crippen molar-refractivity contribution in [2.24, 2.45) is 0 Å². The van der Waals surface area contributed by atoms with Crippen LogP contribution in [0.4, 0.5) is 5.82 Å². The first kappa shape index (κ1) is 7.12. The Balaban J connectivity index is 2.57. The van der Waals surface area contributed by atoms with E-state index in [0.717, 1.165) is 5.82 Å². The van der Waals surface area contributed by atoms with E-state index in [1.54, 1.807) is 6.20 Å². The highest BCUT2D eigenvalue weighted by Gasteiger charge is 2.01. The monoisotopic (exact) mass is 138 g/mol. The Morgan fingerprint density at radius 3 is 2.60 bits per heavy atom. The fourth-order valence-electron chi connectivity index (χ4n) is 0.672. The molecule has 0 saturated heterocycles. The van der Waals surface area contributed by atoms with E-state index in [0.29, 0.717) is 0 Å². The molecule has 0 aliphatic heterocycles. The maximum atomic E-state index is 4.33. The van der Waals surface area contributed by atoms with Gasteiger partial charge in [0, 0.05) is 6.20 Å². The van der Waals surface area contributed by atoms with E-state index in [1.807, 2.05) is 26.8 Å². The molecule has 1 N–H and O–H groups in total. The Morgan fingerprint density at radius 2 is 2.20 bits per heavy atom. The summed E-state index contributed by atoms with van der Waals surface area (Å²) in [4.78, 5) is 0. The number of rotatable bonds is 1. The summed E-state index contributed by atoms with van der Waals surface area (Å²) in [6.45, 7) is 6.15. The summed E-state index contributed by atoms with van der Waals surface area (Å²) >= 11 is 0. The van der Waals surface area contributed by atoms with Gasteiger partial charge >= 0.3 is 0 Å². The predicted molar refractivity (Wildman–Crippen MR) is 41.4 cm³/mol. The largest absolute Gasteiger partial charge is 0.459 e. The van der Waals surface area contributed by atoms with Gasteiger partial charge in [0.2, 0.25) is 0 Å². The maximum absolute atomic E-state index is 4.33. The minimum Gasteiger partial charge on any atom is -0.459 e. The third kappa shape index (κ3) is 2.09. The zero-order valence-corrected chi connectivity index (χ0v) is 6.55. The van der Waals surface area contributed by atoms with Crippen molar-refractivity contribution < 1.29 is 0 Å². The Kier molecular flexibility index (Phi) is 1.66. The van der Waals surface area contributed by atoms with E-state index in [2.05, 4.69) is 15.5 Å². The lowest BCUT2D eigenvalue weighted by Gasteiger charge is -2.27. The first-order valence-electron chi connectivity index (χ1n) is 3.30. The van der Waals surface area contributed by atoms with Gasteiger partial charge in [0.15, 0.2) is 0 Å². The molecule has 0 bridgehead atoms. The van der Waals surface area contributed by atoms with Gasteiger partial charge in [-0.3, -0.25) is 5.10 Å². The molecular formula is C7H12N3-. The summed E-state index contributed by atoms with van der Waals surface area (Å²) in [5.41, 5.74) is -0.0213. The average molecular weight is 138 g/mol. The molecule has 0 aliphatic rings. The van der Waals surface area contributed by atoms with Gasteiger partial charge < -0.3 is 10.4 Å². The summed E-state index contributed by atoms with van der Waals surface area (Å²) in [6, 6.07) is 1.85. The summed E-state index contributed by atoms with van der Waals surface area (Å²) in [5.74, 6) is 0.840. The molecule has 0 radical (unpaired) electrons. The Bertz CT molecular complexity index is 183. The van der Waals surface area contributed by atoms with Crippen LogP contribution >= 0.6 is 0 Å². The van der Waals surface area contributed by atoms with E-state index in [-0.39, 0.29) is 5.54 Å². The zero-order chi connectivity index (χ0) is 7.61. The lowest BCUT2D eigenvalue weighted by atomic mass is 10.1. The van der Waals surface area contributed by atoms with Crippen LogP contribution in [0.2, 0.25) is 0 Å². The number of nitrogens with one attached hydrogen (secondary N) is 1. The van der Waals surface area contributed by atoms with Crippen LogP contribution in [0.3, 0.4) is 0 Å². The normalized spacial score (nSPS) is 11.5. The summed E-state index contributed by atoms with van der Waals surface area (Å²) in [6.07, 6.45) is 1.70. The van der Waals surface area contributed by atoms with Crippen LogP contribution in [0.15, 0.2) is 12.3 Å². The van der Waals surface area contributed by atoms with Crippen LogP contribution < -0.4 is 0 Å². The van der Waals surface area contributed by atoms with Crippen LogP contribution in [-0.4, -0.2) is 15.7 Å². The molecule has 0 aliphatic carbocycles. The first-order chi connectivity index (χ1) is 4.58. The van der Waals surface area contributed by atoms with Crippen LogP contribution in [-0.2, 0) is 0 Å². The lowest BCUT2D eigenvalue weighted by Crippen LogP contribution is -2.09. The molecule has 3 nitrogen and oxygen atoms in total. The Hall–Kier alpha value is -0.990. The van der Waals surface area contributed by atoms with Crippen LogP contribution in [0.1, 0.15) is 20.8 Å². The molecule has 1 rings (SSSR count). The predicted octanol–water partition coefficient (Wildman–Crippen LogP) is 2.21. The van der Waals surface area contributed by atoms with Crippen molar-refractivity contribution in [1.29, 1.82) is 0 Å². The summed E-state index contributed by atoms with van der Waals surface area (Å²) in [5, 5.41) is 10.9. The molecule has 3 heteroatoms. The van der Waals surface area contributed by atoms with Gasteiger partial charge in [-0.15, -0.1) is 0 Å². The van der Waals surface area contributed by atoms with E-state index in [4.69, 9.17) is 0 Å². The van der Waals surface area contributed by atoms with Crippen LogP contribution in [0, 0.1) is 0 Å². The summed E-state index contributed by atoms with van der Waals surface area (Å²) in [7, 11) is 0. The highest BCUT2D eigenvalue weighted by molar-refractivity contribution is 5.41. The second kappa shape index (κ2) is 2.33. The van der Waals surface area contributed by atoms with Gasteiger partial charge in [-0.05, 0) is 17.4 Å². The molecule has 56 valence electrons. The molecule has 0 unspecified atom stereocenters. The number of aromatic amines is 1. The third-order valence-electron chi connectivity index (χ3n) is 0.942. The Labute approximate surface area is 60.8 Å². The van der Waals surface area contributed by atoms with Crippen molar-refractivity contribution in [3.05, 3.63) is 17.6 Å². The van der Waals surface area contributed by atoms with Gasteiger partial charge in [0.25, 0.3) is 0 Å². The van der Waals surface area contributed by atoms with E-state index >= 15 is 0 Å². The quantitative estimate of drug-likeness (QED) is 0.635. The van der Waals surface area contributed by atoms with Crippen LogP contribution in [0.25, 0.3) is 5.32 Å². The standard InChI is InChI=1S/C7H12N3/c1-7(2,3)9-6-4-5-8-10-6/h4-5H,1-3H3,(H-,8,9,10)/q-1. The number of hydrogen-bond donors (Lipinski definition) is 1. The second-order valence-corrected chi connectivity index (χ2v) is 3.22. The minimum absolute atomic E-state index is 0.0213. The van der Waals surface area contributed by atoms with Gasteiger partial charge in [-0.2, -0.15) is 0 Å². The smallest absolute Gasteiger partial charge is 0.0256 e. The van der Waals surface area contributed by atoms with Crippen molar-refractivity contribution in [1.82, 2.24) is 10.2 Å². The molecule has 1 aromatic heterocycles. The number of nitrogens with zero attached hydrogens (tertiary/aromatic N) is 2. The van der Waals surface area contributed by atoms with Gasteiger partial charge in [0.1, 0.15) is 0 Å². The van der Waals surface area contributed by atoms with E-state index in [1.165, 1.54) is 0 Å². The molecule has 0 saturated carbocycles. The van der Waals surface area contributed by atoms with Gasteiger partial charge in [0.05, 0.1) is 0 Å². The van der Waals surface area contributed by atoms with Crippen molar-refractivity contribution in [3.63, 3.8) is 0 Å². The van der Waals surface area contributed by atoms with Crippen LogP contribution in [0.5, 0.6) is 0 Å².